The molecule has 0 saturated carbocycles. The second-order valence-corrected chi connectivity index (χ2v) is 7.18. The highest BCUT2D eigenvalue weighted by atomic mass is 35.5. The van der Waals surface area contributed by atoms with Gasteiger partial charge in [-0.25, -0.2) is 0 Å². The molecule has 2 N–H and O–H groups in total. The van der Waals surface area contributed by atoms with Crippen molar-refractivity contribution < 1.29 is 19.8 Å². The summed E-state index contributed by atoms with van der Waals surface area (Å²) < 4.78 is 0. The van der Waals surface area contributed by atoms with Crippen molar-refractivity contribution in [3.63, 3.8) is 0 Å². The van der Waals surface area contributed by atoms with Crippen molar-refractivity contribution in [3.05, 3.63) is 50.7 Å². The van der Waals surface area contributed by atoms with Gasteiger partial charge in [0.2, 0.25) is 0 Å². The van der Waals surface area contributed by atoms with Crippen molar-refractivity contribution in [1.29, 1.82) is 0 Å². The number of benzene rings is 1. The maximum Gasteiger partial charge on any atom is 0.314 e. The number of carboxylic acids is 1. The molecule has 0 spiro atoms. The van der Waals surface area contributed by atoms with E-state index in [0.29, 0.717) is 11.4 Å². The standard InChI is InChI=1S/C17H17ClO4S/c1-17(2,16(21)22)15-7-10(9-23-15)3-6-13(19)12-5-4-11(18)8-14(12)20/h4-5,7-9,20H,3,6H2,1-2H3,(H,21,22). The smallest absolute Gasteiger partial charge is 0.314 e. The Morgan fingerprint density at radius 3 is 2.57 bits per heavy atom. The van der Waals surface area contributed by atoms with Gasteiger partial charge in [-0.1, -0.05) is 11.6 Å². The average molecular weight is 353 g/mol. The number of rotatable bonds is 6. The Labute approximate surface area is 143 Å². The lowest BCUT2D eigenvalue weighted by Gasteiger charge is -2.16. The molecule has 0 aliphatic rings. The van der Waals surface area contributed by atoms with E-state index < -0.39 is 11.4 Å². The van der Waals surface area contributed by atoms with Gasteiger partial charge in [0.25, 0.3) is 0 Å². The second-order valence-electron chi connectivity index (χ2n) is 5.83. The highest BCUT2D eigenvalue weighted by molar-refractivity contribution is 7.10. The number of aromatic hydroxyl groups is 1. The van der Waals surface area contributed by atoms with Gasteiger partial charge in [0.15, 0.2) is 5.78 Å². The van der Waals surface area contributed by atoms with E-state index in [2.05, 4.69) is 0 Å². The number of phenolic OH excluding ortho intramolecular Hbond substituents is 1. The first kappa shape index (κ1) is 17.5. The maximum atomic E-state index is 12.2. The lowest BCUT2D eigenvalue weighted by Crippen LogP contribution is -2.27. The van der Waals surface area contributed by atoms with Crippen molar-refractivity contribution >= 4 is 34.7 Å². The molecule has 122 valence electrons. The molecule has 0 amide bonds. The summed E-state index contributed by atoms with van der Waals surface area (Å²) >= 11 is 7.13. The van der Waals surface area contributed by atoms with Crippen molar-refractivity contribution in [2.75, 3.05) is 0 Å². The summed E-state index contributed by atoms with van der Waals surface area (Å²) in [5.41, 5.74) is 0.221. The molecule has 4 nitrogen and oxygen atoms in total. The fraction of sp³-hybridized carbons (Fsp3) is 0.294. The SMILES string of the molecule is CC(C)(C(=O)O)c1cc(CCC(=O)c2ccc(Cl)cc2O)cs1. The summed E-state index contributed by atoms with van der Waals surface area (Å²) in [4.78, 5) is 24.2. The van der Waals surface area contributed by atoms with Gasteiger partial charge in [0.05, 0.1) is 11.0 Å². The van der Waals surface area contributed by atoms with E-state index in [1.54, 1.807) is 19.9 Å². The van der Waals surface area contributed by atoms with Gasteiger partial charge < -0.3 is 10.2 Å². The Kier molecular flexibility index (Phi) is 5.12. The van der Waals surface area contributed by atoms with E-state index >= 15 is 0 Å². The Morgan fingerprint density at radius 1 is 1.26 bits per heavy atom. The van der Waals surface area contributed by atoms with Gasteiger partial charge in [-0.05, 0) is 55.5 Å². The minimum absolute atomic E-state index is 0.125. The van der Waals surface area contributed by atoms with Gasteiger partial charge in [0, 0.05) is 16.3 Å². The largest absolute Gasteiger partial charge is 0.507 e. The predicted molar refractivity (Wildman–Crippen MR) is 90.7 cm³/mol. The summed E-state index contributed by atoms with van der Waals surface area (Å²) in [6.07, 6.45) is 0.728. The molecule has 1 aromatic carbocycles. The number of halogens is 1. The number of hydrogen-bond acceptors (Lipinski definition) is 4. The van der Waals surface area contributed by atoms with E-state index in [9.17, 15) is 19.8 Å². The van der Waals surface area contributed by atoms with E-state index in [0.717, 1.165) is 10.4 Å². The van der Waals surface area contributed by atoms with Gasteiger partial charge in [0.1, 0.15) is 5.75 Å². The summed E-state index contributed by atoms with van der Waals surface area (Å²) in [6.45, 7) is 3.31. The Bertz CT molecular complexity index is 749. The quantitative estimate of drug-likeness (QED) is 0.761. The van der Waals surface area contributed by atoms with Crippen LogP contribution in [0.1, 0.15) is 41.1 Å². The zero-order valence-corrected chi connectivity index (χ0v) is 14.4. The summed E-state index contributed by atoms with van der Waals surface area (Å²) in [5.74, 6) is -1.18. The van der Waals surface area contributed by atoms with Crippen LogP contribution in [0.5, 0.6) is 5.75 Å². The van der Waals surface area contributed by atoms with Crippen molar-refractivity contribution in [3.8, 4) is 5.75 Å². The first-order valence-corrected chi connectivity index (χ1v) is 8.30. The van der Waals surface area contributed by atoms with Crippen LogP contribution in [0.2, 0.25) is 5.02 Å². The topological polar surface area (TPSA) is 74.6 Å². The van der Waals surface area contributed by atoms with Crippen molar-refractivity contribution in [2.45, 2.75) is 32.1 Å². The molecule has 0 aliphatic carbocycles. The zero-order chi connectivity index (χ0) is 17.2. The van der Waals surface area contributed by atoms with Crippen LogP contribution >= 0.6 is 22.9 Å². The average Bonchev–Trinajstić information content (AvgIpc) is 2.94. The van der Waals surface area contributed by atoms with Crippen molar-refractivity contribution in [1.82, 2.24) is 0 Å². The predicted octanol–water partition coefficient (Wildman–Crippen LogP) is 4.28. The number of thiophene rings is 1. The molecule has 1 heterocycles. The Hall–Kier alpha value is -1.85. The van der Waals surface area contributed by atoms with Crippen LogP contribution in [0.4, 0.5) is 0 Å². The molecule has 0 atom stereocenters. The molecule has 2 rings (SSSR count). The van der Waals surface area contributed by atoms with Crippen LogP contribution in [0.25, 0.3) is 0 Å². The molecule has 0 radical (unpaired) electrons. The minimum Gasteiger partial charge on any atom is -0.507 e. The number of aryl methyl sites for hydroxylation is 1. The zero-order valence-electron chi connectivity index (χ0n) is 12.8. The molecule has 6 heteroatoms. The molecule has 0 aliphatic heterocycles. The number of aliphatic carboxylic acids is 1. The second kappa shape index (κ2) is 6.72. The number of Topliss-reactive ketones (excluding diaryl/α,β-unsaturated/α-hetero) is 1. The highest BCUT2D eigenvalue weighted by Gasteiger charge is 2.31. The molecular weight excluding hydrogens is 336 g/mol. The number of carbonyl (C=O) groups excluding carboxylic acids is 1. The Morgan fingerprint density at radius 2 is 1.96 bits per heavy atom. The molecule has 0 saturated heterocycles. The van der Waals surface area contributed by atoms with Crippen LogP contribution in [-0.2, 0) is 16.6 Å². The summed E-state index contributed by atoms with van der Waals surface area (Å²) in [7, 11) is 0. The van der Waals surface area contributed by atoms with Crippen LogP contribution in [0.15, 0.2) is 29.6 Å². The number of carbonyl (C=O) groups is 2. The van der Waals surface area contributed by atoms with E-state index in [1.807, 2.05) is 11.4 Å². The van der Waals surface area contributed by atoms with Crippen LogP contribution in [0.3, 0.4) is 0 Å². The van der Waals surface area contributed by atoms with Crippen LogP contribution in [0, 0.1) is 0 Å². The number of hydrogen-bond donors (Lipinski definition) is 2. The lowest BCUT2D eigenvalue weighted by molar-refractivity contribution is -0.142. The molecule has 0 fully saturated rings. The monoisotopic (exact) mass is 352 g/mol. The molecule has 23 heavy (non-hydrogen) atoms. The molecular formula is C17H17ClO4S. The molecule has 1 aromatic heterocycles. The number of phenols is 1. The van der Waals surface area contributed by atoms with E-state index in [-0.39, 0.29) is 23.5 Å². The third-order valence-electron chi connectivity index (χ3n) is 3.71. The molecule has 0 bridgehead atoms. The van der Waals surface area contributed by atoms with Crippen LogP contribution in [-0.4, -0.2) is 22.0 Å². The highest BCUT2D eigenvalue weighted by Crippen LogP contribution is 2.30. The normalized spacial score (nSPS) is 11.4. The minimum atomic E-state index is -0.943. The lowest BCUT2D eigenvalue weighted by atomic mass is 9.91. The third kappa shape index (κ3) is 3.92. The molecule has 2 aromatic rings. The van der Waals surface area contributed by atoms with Gasteiger partial charge in [-0.2, -0.15) is 0 Å². The third-order valence-corrected chi connectivity index (χ3v) is 5.24. The first-order valence-electron chi connectivity index (χ1n) is 7.05. The van der Waals surface area contributed by atoms with Crippen LogP contribution < -0.4 is 0 Å². The fourth-order valence-corrected chi connectivity index (χ4v) is 3.30. The summed E-state index contributed by atoms with van der Waals surface area (Å²) in [5, 5.41) is 21.2. The van der Waals surface area contributed by atoms with Gasteiger partial charge in [-0.3, -0.25) is 9.59 Å². The maximum absolute atomic E-state index is 12.2. The molecule has 0 unspecified atom stereocenters. The van der Waals surface area contributed by atoms with Crippen molar-refractivity contribution in [2.24, 2.45) is 0 Å². The van der Waals surface area contributed by atoms with E-state index in [4.69, 9.17) is 11.6 Å². The van der Waals surface area contributed by atoms with E-state index in [1.165, 1.54) is 23.5 Å². The van der Waals surface area contributed by atoms with Gasteiger partial charge in [-0.15, -0.1) is 11.3 Å². The fourth-order valence-electron chi connectivity index (χ4n) is 2.07. The number of ketones is 1. The summed E-state index contributed by atoms with van der Waals surface area (Å²) in [6, 6.07) is 6.24. The van der Waals surface area contributed by atoms with Gasteiger partial charge >= 0.3 is 5.97 Å². The first-order chi connectivity index (χ1) is 10.7. The number of carboxylic acid groups (broad SMARTS) is 1. The Balaban J connectivity index is 2.05.